The number of benzene rings is 4. The first-order valence-corrected chi connectivity index (χ1v) is 13.2. The van der Waals surface area contributed by atoms with Crippen molar-refractivity contribution in [2.45, 2.75) is 39.8 Å². The van der Waals surface area contributed by atoms with Gasteiger partial charge >= 0.3 is 6.03 Å². The molecule has 0 radical (unpaired) electrons. The lowest BCUT2D eigenvalue weighted by atomic mass is 10.1. The smallest absolute Gasteiger partial charge is 0.310 e. The third-order valence-electron chi connectivity index (χ3n) is 6.97. The van der Waals surface area contributed by atoms with Gasteiger partial charge < -0.3 is 10.2 Å². The minimum absolute atomic E-state index is 0.154. The summed E-state index contributed by atoms with van der Waals surface area (Å²) in [5.74, 6) is 0.530. The van der Waals surface area contributed by atoms with Crippen LogP contribution in [0, 0.1) is 13.8 Å². The number of aryl methyl sites for hydroxylation is 2. The Morgan fingerprint density at radius 1 is 0.897 bits per heavy atom. The maximum atomic E-state index is 14.0. The van der Waals surface area contributed by atoms with Gasteiger partial charge in [0.1, 0.15) is 5.82 Å². The molecule has 0 bridgehead atoms. The number of fused-ring (bicyclic) bond motifs is 1. The van der Waals surface area contributed by atoms with Gasteiger partial charge in [0.15, 0.2) is 0 Å². The molecule has 0 aliphatic carbocycles. The highest BCUT2D eigenvalue weighted by molar-refractivity contribution is 5.90. The van der Waals surface area contributed by atoms with Crippen LogP contribution in [0.4, 0.5) is 10.5 Å². The van der Waals surface area contributed by atoms with E-state index < -0.39 is 6.04 Å². The van der Waals surface area contributed by atoms with Crippen molar-refractivity contribution in [2.75, 3.05) is 5.32 Å². The number of amides is 2. The number of carbonyl (C=O) groups excluding carboxylic acids is 1. The van der Waals surface area contributed by atoms with E-state index in [4.69, 9.17) is 4.98 Å². The molecule has 196 valence electrons. The Morgan fingerprint density at radius 2 is 1.62 bits per heavy atom. The van der Waals surface area contributed by atoms with Crippen molar-refractivity contribution in [3.63, 3.8) is 0 Å². The highest BCUT2D eigenvalue weighted by Gasteiger charge is 2.29. The molecule has 39 heavy (non-hydrogen) atoms. The number of aromatic nitrogens is 2. The minimum atomic E-state index is -0.480. The van der Waals surface area contributed by atoms with E-state index in [0.29, 0.717) is 29.7 Å². The van der Waals surface area contributed by atoms with Crippen LogP contribution in [0.1, 0.15) is 41.9 Å². The Morgan fingerprint density at radius 3 is 2.36 bits per heavy atom. The van der Waals surface area contributed by atoms with Gasteiger partial charge in [-0.2, -0.15) is 0 Å². The van der Waals surface area contributed by atoms with E-state index in [2.05, 4.69) is 5.32 Å². The van der Waals surface area contributed by atoms with Gasteiger partial charge in [0.05, 0.1) is 22.6 Å². The number of hydrogen-bond donors (Lipinski definition) is 1. The fourth-order valence-electron chi connectivity index (χ4n) is 4.94. The van der Waals surface area contributed by atoms with Crippen LogP contribution in [-0.2, 0) is 6.54 Å². The van der Waals surface area contributed by atoms with E-state index in [1.807, 2.05) is 118 Å². The zero-order valence-corrected chi connectivity index (χ0v) is 22.5. The van der Waals surface area contributed by atoms with Crippen LogP contribution in [0.5, 0.6) is 0 Å². The summed E-state index contributed by atoms with van der Waals surface area (Å²) in [5, 5.41) is 3.65. The fourth-order valence-corrected chi connectivity index (χ4v) is 4.94. The van der Waals surface area contributed by atoms with Crippen LogP contribution in [0.25, 0.3) is 16.6 Å². The van der Waals surface area contributed by atoms with E-state index in [-0.39, 0.29) is 11.6 Å². The molecular formula is C33H32N4O2. The highest BCUT2D eigenvalue weighted by Crippen LogP contribution is 2.29. The van der Waals surface area contributed by atoms with E-state index >= 15 is 0 Å². The van der Waals surface area contributed by atoms with E-state index in [9.17, 15) is 9.59 Å². The quantitative estimate of drug-likeness (QED) is 0.249. The second-order valence-electron chi connectivity index (χ2n) is 9.75. The largest absolute Gasteiger partial charge is 0.322 e. The monoisotopic (exact) mass is 516 g/mol. The normalized spacial score (nSPS) is 11.8. The van der Waals surface area contributed by atoms with Crippen molar-refractivity contribution in [1.29, 1.82) is 0 Å². The summed E-state index contributed by atoms with van der Waals surface area (Å²) in [6.07, 6.45) is 0.560. The van der Waals surface area contributed by atoms with Gasteiger partial charge in [-0.1, -0.05) is 79.7 Å². The maximum Gasteiger partial charge on any atom is 0.322 e. The molecule has 0 saturated heterocycles. The van der Waals surface area contributed by atoms with Gasteiger partial charge in [-0.3, -0.25) is 9.36 Å². The van der Waals surface area contributed by atoms with Crippen molar-refractivity contribution in [1.82, 2.24) is 14.5 Å². The molecule has 1 atom stereocenters. The summed E-state index contributed by atoms with van der Waals surface area (Å²) in [4.78, 5) is 34.8. The lowest BCUT2D eigenvalue weighted by Crippen LogP contribution is -2.40. The second kappa shape index (κ2) is 11.4. The molecule has 6 heteroatoms. The number of nitrogens with zero attached hydrogens (tertiary/aromatic N) is 3. The van der Waals surface area contributed by atoms with Crippen LogP contribution < -0.4 is 10.9 Å². The van der Waals surface area contributed by atoms with Crippen LogP contribution in [0.2, 0.25) is 0 Å². The number of anilines is 1. The molecule has 5 rings (SSSR count). The summed E-state index contributed by atoms with van der Waals surface area (Å²) in [5.41, 5.74) is 4.92. The summed E-state index contributed by atoms with van der Waals surface area (Å²) < 4.78 is 1.67. The zero-order chi connectivity index (χ0) is 27.4. The van der Waals surface area contributed by atoms with Gasteiger partial charge in [0.2, 0.25) is 0 Å². The molecule has 1 aromatic heterocycles. The van der Waals surface area contributed by atoms with Gasteiger partial charge in [-0.15, -0.1) is 0 Å². The van der Waals surface area contributed by atoms with Crippen LogP contribution in [-0.4, -0.2) is 20.5 Å². The van der Waals surface area contributed by atoms with Crippen LogP contribution >= 0.6 is 0 Å². The number of nitrogens with one attached hydrogen (secondary N) is 1. The maximum absolute atomic E-state index is 14.0. The molecule has 0 aliphatic rings. The van der Waals surface area contributed by atoms with Crippen molar-refractivity contribution < 1.29 is 4.79 Å². The third kappa shape index (κ3) is 5.46. The molecule has 0 spiro atoms. The van der Waals surface area contributed by atoms with Crippen molar-refractivity contribution in [3.05, 3.63) is 136 Å². The number of rotatable bonds is 7. The first kappa shape index (κ1) is 25.9. The summed E-state index contributed by atoms with van der Waals surface area (Å²) in [7, 11) is 0. The van der Waals surface area contributed by atoms with E-state index in [1.54, 1.807) is 15.5 Å². The van der Waals surface area contributed by atoms with Crippen LogP contribution in [0.3, 0.4) is 0 Å². The predicted octanol–water partition coefficient (Wildman–Crippen LogP) is 7.19. The lowest BCUT2D eigenvalue weighted by Gasteiger charge is -2.32. The topological polar surface area (TPSA) is 67.2 Å². The molecule has 2 amide bonds. The molecule has 0 aliphatic heterocycles. The number of hydrogen-bond acceptors (Lipinski definition) is 3. The Kier molecular flexibility index (Phi) is 7.55. The minimum Gasteiger partial charge on any atom is -0.310 e. The van der Waals surface area contributed by atoms with Gasteiger partial charge in [0.25, 0.3) is 5.56 Å². The predicted molar refractivity (Wildman–Crippen MR) is 157 cm³/mol. The van der Waals surface area contributed by atoms with Crippen LogP contribution in [0.15, 0.2) is 108 Å². The molecule has 6 nitrogen and oxygen atoms in total. The van der Waals surface area contributed by atoms with E-state index in [0.717, 1.165) is 28.1 Å². The van der Waals surface area contributed by atoms with Gasteiger partial charge in [0, 0.05) is 12.2 Å². The lowest BCUT2D eigenvalue weighted by molar-refractivity contribution is 0.177. The van der Waals surface area contributed by atoms with Gasteiger partial charge in [-0.05, 0) is 67.3 Å². The molecule has 1 heterocycles. The first-order chi connectivity index (χ1) is 19.0. The summed E-state index contributed by atoms with van der Waals surface area (Å²) in [6, 6.07) is 32.1. The number of urea groups is 1. The first-order valence-electron chi connectivity index (χ1n) is 13.2. The Bertz CT molecular complexity index is 1680. The molecule has 0 fully saturated rings. The molecule has 0 saturated carbocycles. The standard InChI is InChI=1S/C33H32N4O2/c1-4-30(36(22-25-15-6-5-7-16-25)33(39)35-28-19-10-8-14-24(28)3)31-34-29-20-11-9-18-27(29)32(38)37(31)26-17-12-13-23(2)21-26/h5-21,30H,4,22H2,1-3H3,(H,35,39). The molecule has 4 aromatic carbocycles. The SMILES string of the molecule is CCC(c1nc2ccccc2c(=O)n1-c1cccc(C)c1)N(Cc1ccccc1)C(=O)Nc1ccccc1C. The summed E-state index contributed by atoms with van der Waals surface area (Å²) in [6.45, 7) is 6.34. The molecule has 1 unspecified atom stereocenters. The molecular weight excluding hydrogens is 484 g/mol. The molecule has 1 N–H and O–H groups in total. The number of carbonyl (C=O) groups is 1. The Labute approximate surface area is 228 Å². The van der Waals surface area contributed by atoms with Crippen molar-refractivity contribution in [2.24, 2.45) is 0 Å². The van der Waals surface area contributed by atoms with E-state index in [1.165, 1.54) is 0 Å². The summed E-state index contributed by atoms with van der Waals surface area (Å²) >= 11 is 0. The van der Waals surface area contributed by atoms with Crippen molar-refractivity contribution >= 4 is 22.6 Å². The Hall–Kier alpha value is -4.71. The average Bonchev–Trinajstić information content (AvgIpc) is 2.95. The fraction of sp³-hybridized carbons (Fsp3) is 0.182. The number of para-hydroxylation sites is 2. The van der Waals surface area contributed by atoms with Crippen molar-refractivity contribution in [3.8, 4) is 5.69 Å². The second-order valence-corrected chi connectivity index (χ2v) is 9.75. The van der Waals surface area contributed by atoms with Gasteiger partial charge in [-0.25, -0.2) is 9.78 Å². The zero-order valence-electron chi connectivity index (χ0n) is 22.5. The average molecular weight is 517 g/mol. The third-order valence-corrected chi connectivity index (χ3v) is 6.97. The molecule has 5 aromatic rings. The Balaban J connectivity index is 1.69. The highest BCUT2D eigenvalue weighted by atomic mass is 16.2.